The molecule has 0 fully saturated rings. The second kappa shape index (κ2) is 3.39. The summed E-state index contributed by atoms with van der Waals surface area (Å²) < 4.78 is 0. The first-order valence-electron chi connectivity index (χ1n) is 4.86. The summed E-state index contributed by atoms with van der Waals surface area (Å²) in [7, 11) is 0. The van der Waals surface area contributed by atoms with Gasteiger partial charge in [0.15, 0.2) is 5.78 Å². The zero-order valence-electron chi connectivity index (χ0n) is 8.42. The first-order chi connectivity index (χ1) is 7.19. The Balaban J connectivity index is 2.81. The van der Waals surface area contributed by atoms with E-state index >= 15 is 0 Å². The summed E-state index contributed by atoms with van der Waals surface area (Å²) in [4.78, 5) is 11.7. The van der Waals surface area contributed by atoms with Crippen LogP contribution in [0.25, 0.3) is 12.2 Å². The van der Waals surface area contributed by atoms with E-state index in [-0.39, 0.29) is 11.5 Å². The molecule has 1 aliphatic carbocycles. The minimum atomic E-state index is 0.128. The smallest absolute Gasteiger partial charge is 0.164 e. The third-order valence-electron chi connectivity index (χ3n) is 2.79. The molecule has 0 aliphatic heterocycles. The van der Waals surface area contributed by atoms with E-state index in [4.69, 9.17) is 0 Å². The SMILES string of the molecule is C=Cc1cc(O)c(C=C)c2c1C(=O)CC2. The average molecular weight is 200 g/mol. The fourth-order valence-electron chi connectivity index (χ4n) is 2.10. The number of phenols is 1. The molecule has 0 saturated carbocycles. The van der Waals surface area contributed by atoms with Gasteiger partial charge in [0.2, 0.25) is 0 Å². The van der Waals surface area contributed by atoms with Crippen molar-refractivity contribution in [2.75, 3.05) is 0 Å². The third-order valence-corrected chi connectivity index (χ3v) is 2.79. The number of benzene rings is 1. The van der Waals surface area contributed by atoms with Crippen molar-refractivity contribution >= 4 is 17.9 Å². The molecule has 0 heterocycles. The Kier molecular flexibility index (Phi) is 2.19. The van der Waals surface area contributed by atoms with Gasteiger partial charge in [-0.15, -0.1) is 0 Å². The van der Waals surface area contributed by atoms with Crippen LogP contribution in [0, 0.1) is 0 Å². The highest BCUT2D eigenvalue weighted by Crippen LogP contribution is 2.35. The molecular formula is C13H12O2. The van der Waals surface area contributed by atoms with Crippen LogP contribution in [-0.2, 0) is 6.42 Å². The van der Waals surface area contributed by atoms with Gasteiger partial charge in [-0.05, 0) is 23.6 Å². The summed E-state index contributed by atoms with van der Waals surface area (Å²) in [6.07, 6.45) is 4.40. The molecule has 0 aromatic heterocycles. The van der Waals surface area contributed by atoms with Crippen molar-refractivity contribution < 1.29 is 9.90 Å². The van der Waals surface area contributed by atoms with E-state index in [2.05, 4.69) is 13.2 Å². The lowest BCUT2D eigenvalue weighted by molar-refractivity contribution is 0.0994. The van der Waals surface area contributed by atoms with Crippen molar-refractivity contribution in [3.8, 4) is 5.75 Å². The molecule has 76 valence electrons. The lowest BCUT2D eigenvalue weighted by atomic mass is 9.96. The van der Waals surface area contributed by atoms with Crippen molar-refractivity contribution in [1.82, 2.24) is 0 Å². The van der Waals surface area contributed by atoms with Gasteiger partial charge in [0.25, 0.3) is 0 Å². The van der Waals surface area contributed by atoms with Crippen LogP contribution in [0.5, 0.6) is 5.75 Å². The number of rotatable bonds is 2. The molecule has 0 saturated heterocycles. The maximum atomic E-state index is 11.7. The molecule has 2 rings (SSSR count). The van der Waals surface area contributed by atoms with Gasteiger partial charge >= 0.3 is 0 Å². The highest BCUT2D eigenvalue weighted by atomic mass is 16.3. The Labute approximate surface area is 88.6 Å². The summed E-state index contributed by atoms with van der Waals surface area (Å²) in [6.45, 7) is 7.30. The van der Waals surface area contributed by atoms with E-state index in [1.807, 2.05) is 0 Å². The molecule has 15 heavy (non-hydrogen) atoms. The van der Waals surface area contributed by atoms with Crippen LogP contribution in [0.2, 0.25) is 0 Å². The predicted molar refractivity (Wildman–Crippen MR) is 60.9 cm³/mol. The molecule has 0 atom stereocenters. The van der Waals surface area contributed by atoms with Gasteiger partial charge in [-0.25, -0.2) is 0 Å². The number of carbonyl (C=O) groups excluding carboxylic acids is 1. The Morgan fingerprint density at radius 2 is 2.00 bits per heavy atom. The van der Waals surface area contributed by atoms with E-state index < -0.39 is 0 Å². The van der Waals surface area contributed by atoms with Crippen LogP contribution in [0.4, 0.5) is 0 Å². The molecule has 2 nitrogen and oxygen atoms in total. The van der Waals surface area contributed by atoms with E-state index in [9.17, 15) is 9.90 Å². The summed E-state index contributed by atoms with van der Waals surface area (Å²) in [5.41, 5.74) is 3.01. The number of carbonyl (C=O) groups is 1. The Bertz CT molecular complexity index is 470. The van der Waals surface area contributed by atoms with Gasteiger partial charge in [-0.3, -0.25) is 4.79 Å². The van der Waals surface area contributed by atoms with Gasteiger partial charge < -0.3 is 5.11 Å². The van der Waals surface area contributed by atoms with Crippen LogP contribution < -0.4 is 0 Å². The number of aromatic hydroxyl groups is 1. The highest BCUT2D eigenvalue weighted by molar-refractivity contribution is 6.04. The summed E-state index contributed by atoms with van der Waals surface area (Å²) in [5, 5.41) is 9.74. The van der Waals surface area contributed by atoms with Crippen LogP contribution >= 0.6 is 0 Å². The zero-order chi connectivity index (χ0) is 11.0. The predicted octanol–water partition coefficient (Wildman–Crippen LogP) is 2.81. The quantitative estimate of drug-likeness (QED) is 0.797. The molecule has 2 heteroatoms. The van der Waals surface area contributed by atoms with Crippen LogP contribution in [-0.4, -0.2) is 10.9 Å². The second-order valence-electron chi connectivity index (χ2n) is 3.58. The fourth-order valence-corrected chi connectivity index (χ4v) is 2.10. The van der Waals surface area contributed by atoms with Crippen molar-refractivity contribution in [3.63, 3.8) is 0 Å². The zero-order valence-corrected chi connectivity index (χ0v) is 8.42. The van der Waals surface area contributed by atoms with Crippen molar-refractivity contribution in [3.05, 3.63) is 41.5 Å². The summed E-state index contributed by atoms with van der Waals surface area (Å²) in [6, 6.07) is 1.58. The maximum absolute atomic E-state index is 11.7. The number of hydrogen-bond acceptors (Lipinski definition) is 2. The van der Waals surface area contributed by atoms with Crippen molar-refractivity contribution in [1.29, 1.82) is 0 Å². The van der Waals surface area contributed by atoms with E-state index in [1.165, 1.54) is 0 Å². The van der Waals surface area contributed by atoms with Crippen molar-refractivity contribution in [2.24, 2.45) is 0 Å². The first-order valence-corrected chi connectivity index (χ1v) is 4.86. The monoisotopic (exact) mass is 200 g/mol. The summed E-state index contributed by atoms with van der Waals surface area (Å²) >= 11 is 0. The van der Waals surface area contributed by atoms with Crippen LogP contribution in [0.15, 0.2) is 19.2 Å². The minimum Gasteiger partial charge on any atom is -0.507 e. The number of Topliss-reactive ketones (excluding diaryl/α,β-unsaturated/α-hetero) is 1. The molecule has 1 N–H and O–H groups in total. The van der Waals surface area contributed by atoms with Gasteiger partial charge in [-0.2, -0.15) is 0 Å². The minimum absolute atomic E-state index is 0.128. The first kappa shape index (κ1) is 9.71. The molecule has 0 spiro atoms. The van der Waals surface area contributed by atoms with E-state index in [1.54, 1.807) is 18.2 Å². The number of ketones is 1. The highest BCUT2D eigenvalue weighted by Gasteiger charge is 2.25. The van der Waals surface area contributed by atoms with Gasteiger partial charge in [0.05, 0.1) is 0 Å². The lowest BCUT2D eigenvalue weighted by Gasteiger charge is -2.09. The normalized spacial score (nSPS) is 13.7. The lowest BCUT2D eigenvalue weighted by Crippen LogP contribution is -1.97. The average Bonchev–Trinajstić information content (AvgIpc) is 2.60. The number of fused-ring (bicyclic) bond motifs is 1. The molecular weight excluding hydrogens is 188 g/mol. The largest absolute Gasteiger partial charge is 0.507 e. The molecule has 0 bridgehead atoms. The summed E-state index contributed by atoms with van der Waals surface area (Å²) in [5.74, 6) is 0.302. The van der Waals surface area contributed by atoms with Gasteiger partial charge in [-0.1, -0.05) is 25.3 Å². The molecule has 1 aromatic rings. The number of hydrogen-bond donors (Lipinski definition) is 1. The van der Waals surface area contributed by atoms with Crippen LogP contribution in [0.3, 0.4) is 0 Å². The van der Waals surface area contributed by atoms with Crippen LogP contribution in [0.1, 0.15) is 33.5 Å². The van der Waals surface area contributed by atoms with E-state index in [0.717, 1.165) is 11.1 Å². The topological polar surface area (TPSA) is 37.3 Å². The molecule has 0 unspecified atom stereocenters. The fraction of sp³-hybridized carbons (Fsp3) is 0.154. The van der Waals surface area contributed by atoms with Gasteiger partial charge in [0, 0.05) is 17.5 Å². The van der Waals surface area contributed by atoms with Crippen molar-refractivity contribution in [2.45, 2.75) is 12.8 Å². The Morgan fingerprint density at radius 1 is 1.27 bits per heavy atom. The van der Waals surface area contributed by atoms with E-state index in [0.29, 0.717) is 24.0 Å². The maximum Gasteiger partial charge on any atom is 0.164 e. The molecule has 0 radical (unpaired) electrons. The third kappa shape index (κ3) is 1.30. The second-order valence-corrected chi connectivity index (χ2v) is 3.58. The Morgan fingerprint density at radius 3 is 2.60 bits per heavy atom. The standard InChI is InChI=1S/C13H12O2/c1-3-8-7-12(15)9(4-2)10-5-6-11(14)13(8)10/h3-4,7,15H,1-2,5-6H2. The molecule has 1 aromatic carbocycles. The molecule has 0 amide bonds. The van der Waals surface area contributed by atoms with Gasteiger partial charge in [0.1, 0.15) is 5.75 Å². The Hall–Kier alpha value is -1.83. The molecule has 1 aliphatic rings. The number of phenolic OH excluding ortho intramolecular Hbond substituents is 1.